The molecular weight excluding hydrogens is 332 g/mol. The molecule has 6 nitrogen and oxygen atoms in total. The first-order valence-electron chi connectivity index (χ1n) is 7.86. The van der Waals surface area contributed by atoms with E-state index in [1.54, 1.807) is 11.8 Å². The molecule has 1 atom stereocenters. The molecule has 1 saturated heterocycles. The summed E-state index contributed by atoms with van der Waals surface area (Å²) in [6.45, 7) is 5.50. The molecule has 0 spiro atoms. The Bertz CT molecular complexity index is 541. The standard InChI is InChI=1S/C15H24N4O2S2/c1-12(19(20)21)15(16)17-4-7-22-11-14-8-13(10-23-14)9-18-5-2-3-6-18/h8,10,12H,2-7,9,11H2,1H3,(H2,16,17). The summed E-state index contributed by atoms with van der Waals surface area (Å²) in [4.78, 5) is 18.1. The molecule has 23 heavy (non-hydrogen) atoms. The van der Waals surface area contributed by atoms with Crippen LogP contribution in [0.15, 0.2) is 16.4 Å². The molecule has 0 saturated carbocycles. The zero-order valence-corrected chi connectivity index (χ0v) is 15.1. The number of hydrogen-bond acceptors (Lipinski definition) is 6. The van der Waals surface area contributed by atoms with Gasteiger partial charge in [-0.25, -0.2) is 0 Å². The predicted molar refractivity (Wildman–Crippen MR) is 97.9 cm³/mol. The van der Waals surface area contributed by atoms with Crippen molar-refractivity contribution in [2.24, 2.45) is 10.7 Å². The van der Waals surface area contributed by atoms with Gasteiger partial charge in [0.05, 0.1) is 6.54 Å². The van der Waals surface area contributed by atoms with Gasteiger partial charge in [0.1, 0.15) is 0 Å². The summed E-state index contributed by atoms with van der Waals surface area (Å²) >= 11 is 3.60. The smallest absolute Gasteiger partial charge is 0.266 e. The van der Waals surface area contributed by atoms with E-state index in [1.165, 1.54) is 43.3 Å². The molecule has 1 unspecified atom stereocenters. The van der Waals surface area contributed by atoms with Gasteiger partial charge in [0.2, 0.25) is 0 Å². The Kier molecular flexibility index (Phi) is 7.32. The molecular formula is C15H24N4O2S2. The summed E-state index contributed by atoms with van der Waals surface area (Å²) in [7, 11) is 0. The van der Waals surface area contributed by atoms with Crippen molar-refractivity contribution < 1.29 is 4.92 Å². The lowest BCUT2D eigenvalue weighted by Gasteiger charge is -2.12. The molecule has 2 heterocycles. The van der Waals surface area contributed by atoms with E-state index in [9.17, 15) is 10.1 Å². The predicted octanol–water partition coefficient (Wildman–Crippen LogP) is 2.60. The third-order valence-corrected chi connectivity index (χ3v) is 5.99. The Hall–Kier alpha value is -1.12. The van der Waals surface area contributed by atoms with Crippen LogP contribution < -0.4 is 5.73 Å². The van der Waals surface area contributed by atoms with E-state index in [2.05, 4.69) is 21.3 Å². The van der Waals surface area contributed by atoms with Crippen molar-refractivity contribution in [2.75, 3.05) is 25.4 Å². The van der Waals surface area contributed by atoms with Crippen LogP contribution in [-0.2, 0) is 12.3 Å². The minimum atomic E-state index is -0.898. The first-order valence-corrected chi connectivity index (χ1v) is 9.89. The minimum absolute atomic E-state index is 0.111. The molecule has 2 rings (SSSR count). The highest BCUT2D eigenvalue weighted by atomic mass is 32.2. The fourth-order valence-corrected chi connectivity index (χ4v) is 4.27. The number of nitro groups is 1. The first-order chi connectivity index (χ1) is 11.1. The lowest BCUT2D eigenvalue weighted by atomic mass is 10.3. The molecule has 0 aromatic carbocycles. The average Bonchev–Trinajstić information content (AvgIpc) is 3.18. The lowest BCUT2D eigenvalue weighted by Crippen LogP contribution is -2.33. The summed E-state index contributed by atoms with van der Waals surface area (Å²) < 4.78 is 0. The Balaban J connectivity index is 1.65. The number of likely N-dealkylation sites (tertiary alicyclic amines) is 1. The molecule has 0 bridgehead atoms. The van der Waals surface area contributed by atoms with Gasteiger partial charge < -0.3 is 5.73 Å². The summed E-state index contributed by atoms with van der Waals surface area (Å²) in [5.74, 6) is 1.90. The molecule has 1 aliphatic heterocycles. The highest BCUT2D eigenvalue weighted by molar-refractivity contribution is 7.98. The topological polar surface area (TPSA) is 84.8 Å². The van der Waals surface area contributed by atoms with Crippen molar-refractivity contribution in [2.45, 2.75) is 38.1 Å². The largest absolute Gasteiger partial charge is 0.382 e. The number of nitrogens with two attached hydrogens (primary N) is 1. The van der Waals surface area contributed by atoms with Gasteiger partial charge in [-0.2, -0.15) is 11.8 Å². The van der Waals surface area contributed by atoms with Crippen molar-refractivity contribution in [3.05, 3.63) is 32.0 Å². The zero-order chi connectivity index (χ0) is 16.7. The van der Waals surface area contributed by atoms with Crippen LogP contribution in [0.3, 0.4) is 0 Å². The Morgan fingerprint density at radius 1 is 1.57 bits per heavy atom. The third-order valence-electron chi connectivity index (χ3n) is 3.83. The van der Waals surface area contributed by atoms with Gasteiger partial charge in [0.15, 0.2) is 5.84 Å². The van der Waals surface area contributed by atoms with E-state index in [4.69, 9.17) is 5.73 Å². The number of nitrogens with zero attached hydrogens (tertiary/aromatic N) is 3. The number of rotatable bonds is 9. The highest BCUT2D eigenvalue weighted by Crippen LogP contribution is 2.22. The molecule has 2 N–H and O–H groups in total. The molecule has 1 aromatic heterocycles. The second kappa shape index (κ2) is 9.24. The van der Waals surface area contributed by atoms with Crippen molar-refractivity contribution in [3.63, 3.8) is 0 Å². The zero-order valence-electron chi connectivity index (χ0n) is 13.4. The van der Waals surface area contributed by atoms with Crippen LogP contribution in [0, 0.1) is 10.1 Å². The normalized spacial score (nSPS) is 17.5. The fraction of sp³-hybridized carbons (Fsp3) is 0.667. The van der Waals surface area contributed by atoms with Crippen molar-refractivity contribution in [1.82, 2.24) is 4.90 Å². The van der Waals surface area contributed by atoms with Crippen LogP contribution in [0.4, 0.5) is 0 Å². The SMILES string of the molecule is CC(C(N)=NCCSCc1cc(CN2CCCC2)cs1)[N+](=O)[O-]. The van der Waals surface area contributed by atoms with Crippen molar-refractivity contribution >= 4 is 28.9 Å². The number of aliphatic imine (C=N–C) groups is 1. The van der Waals surface area contributed by atoms with Crippen LogP contribution in [0.5, 0.6) is 0 Å². The van der Waals surface area contributed by atoms with Crippen LogP contribution >= 0.6 is 23.1 Å². The van der Waals surface area contributed by atoms with Gasteiger partial charge in [0, 0.05) is 34.8 Å². The molecule has 0 aliphatic carbocycles. The summed E-state index contributed by atoms with van der Waals surface area (Å²) in [6, 6.07) is 1.40. The van der Waals surface area contributed by atoms with Crippen molar-refractivity contribution in [3.8, 4) is 0 Å². The van der Waals surface area contributed by atoms with Gasteiger partial charge in [-0.15, -0.1) is 11.3 Å². The average molecular weight is 357 g/mol. The van der Waals surface area contributed by atoms with Gasteiger partial charge in [-0.1, -0.05) is 0 Å². The van der Waals surface area contributed by atoms with Gasteiger partial charge >= 0.3 is 0 Å². The lowest BCUT2D eigenvalue weighted by molar-refractivity contribution is -0.498. The minimum Gasteiger partial charge on any atom is -0.382 e. The van der Waals surface area contributed by atoms with E-state index in [0.717, 1.165) is 18.1 Å². The maximum atomic E-state index is 10.6. The Morgan fingerprint density at radius 2 is 2.30 bits per heavy atom. The second-order valence-corrected chi connectivity index (χ2v) is 7.83. The maximum Gasteiger partial charge on any atom is 0.266 e. The number of thioether (sulfide) groups is 1. The van der Waals surface area contributed by atoms with E-state index >= 15 is 0 Å². The molecule has 8 heteroatoms. The Morgan fingerprint density at radius 3 is 3.00 bits per heavy atom. The van der Waals surface area contributed by atoms with Gasteiger partial charge in [-0.05, 0) is 42.9 Å². The molecule has 1 fully saturated rings. The van der Waals surface area contributed by atoms with E-state index < -0.39 is 11.0 Å². The molecule has 0 radical (unpaired) electrons. The highest BCUT2D eigenvalue weighted by Gasteiger charge is 2.17. The van der Waals surface area contributed by atoms with E-state index in [-0.39, 0.29) is 5.84 Å². The first kappa shape index (κ1) is 18.2. The molecule has 0 amide bonds. The van der Waals surface area contributed by atoms with Gasteiger partial charge in [0.25, 0.3) is 6.04 Å². The Labute approximate surface area is 145 Å². The quantitative estimate of drug-likeness (QED) is 0.242. The van der Waals surface area contributed by atoms with Crippen molar-refractivity contribution in [1.29, 1.82) is 0 Å². The third kappa shape index (κ3) is 6.12. The van der Waals surface area contributed by atoms with Crippen LogP contribution in [0.25, 0.3) is 0 Å². The summed E-state index contributed by atoms with van der Waals surface area (Å²) in [5, 5.41) is 12.8. The maximum absolute atomic E-state index is 10.6. The number of thiophene rings is 1. The molecule has 1 aliphatic rings. The number of amidine groups is 1. The van der Waals surface area contributed by atoms with Crippen LogP contribution in [0.2, 0.25) is 0 Å². The summed E-state index contributed by atoms with van der Waals surface area (Å²) in [5.41, 5.74) is 7.00. The second-order valence-electron chi connectivity index (χ2n) is 5.73. The molecule has 128 valence electrons. The van der Waals surface area contributed by atoms with Crippen LogP contribution in [0.1, 0.15) is 30.2 Å². The molecule has 1 aromatic rings. The summed E-state index contributed by atoms with van der Waals surface area (Å²) in [6.07, 6.45) is 2.65. The van der Waals surface area contributed by atoms with Gasteiger partial charge in [-0.3, -0.25) is 20.0 Å². The number of hydrogen-bond donors (Lipinski definition) is 1. The van der Waals surface area contributed by atoms with E-state index in [0.29, 0.717) is 6.54 Å². The fourth-order valence-electron chi connectivity index (χ4n) is 2.44. The van der Waals surface area contributed by atoms with E-state index in [1.807, 2.05) is 11.3 Å². The van der Waals surface area contributed by atoms with Crippen LogP contribution in [-0.4, -0.2) is 47.1 Å². The monoisotopic (exact) mass is 356 g/mol.